The molecule has 0 aliphatic carbocycles. The van der Waals surface area contributed by atoms with Crippen LogP contribution in [0.15, 0.2) is 88.8 Å². The van der Waals surface area contributed by atoms with Crippen molar-refractivity contribution in [1.29, 1.82) is 0 Å². The fraction of sp³-hybridized carbons (Fsp3) is 0.0909. The van der Waals surface area contributed by atoms with E-state index in [1.807, 2.05) is 54.6 Å². The zero-order valence-corrected chi connectivity index (χ0v) is 15.2. The topological polar surface area (TPSA) is 34.9 Å². The van der Waals surface area contributed by atoms with Crippen LogP contribution in [0.4, 0.5) is 0 Å². The highest BCUT2D eigenvalue weighted by Gasteiger charge is 2.13. The highest BCUT2D eigenvalue weighted by Crippen LogP contribution is 2.24. The van der Waals surface area contributed by atoms with Crippen molar-refractivity contribution in [2.75, 3.05) is 0 Å². The summed E-state index contributed by atoms with van der Waals surface area (Å²) in [5.74, 6) is 0.762. The predicted molar refractivity (Wildman–Crippen MR) is 108 cm³/mol. The minimum Gasteiger partial charge on any atom is -0.268 e. The van der Waals surface area contributed by atoms with Gasteiger partial charge in [-0.3, -0.25) is 9.36 Å². The number of thioether (sulfide) groups is 1. The second-order valence-electron chi connectivity index (χ2n) is 6.16. The lowest BCUT2D eigenvalue weighted by Crippen LogP contribution is -2.21. The molecule has 0 aliphatic heterocycles. The Morgan fingerprint density at radius 1 is 0.885 bits per heavy atom. The van der Waals surface area contributed by atoms with E-state index < -0.39 is 0 Å². The van der Waals surface area contributed by atoms with Crippen molar-refractivity contribution in [2.24, 2.45) is 0 Å². The van der Waals surface area contributed by atoms with Gasteiger partial charge in [0.15, 0.2) is 5.16 Å². The third kappa shape index (κ3) is 3.28. The normalized spacial score (nSPS) is 11.0. The molecular formula is C22H18N2OS. The Balaban J connectivity index is 1.81. The van der Waals surface area contributed by atoms with Crippen molar-refractivity contribution in [3.63, 3.8) is 0 Å². The zero-order valence-electron chi connectivity index (χ0n) is 14.4. The zero-order chi connectivity index (χ0) is 17.9. The summed E-state index contributed by atoms with van der Waals surface area (Å²) >= 11 is 1.58. The summed E-state index contributed by atoms with van der Waals surface area (Å²) in [7, 11) is 0. The van der Waals surface area contributed by atoms with Crippen molar-refractivity contribution in [3.8, 4) is 5.69 Å². The Bertz CT molecular complexity index is 1100. The van der Waals surface area contributed by atoms with Crippen LogP contribution < -0.4 is 5.56 Å². The van der Waals surface area contributed by atoms with E-state index in [-0.39, 0.29) is 5.56 Å². The number of aromatic nitrogens is 2. The van der Waals surface area contributed by atoms with Crippen molar-refractivity contribution in [2.45, 2.75) is 17.8 Å². The Kier molecular flexibility index (Phi) is 4.59. The lowest BCUT2D eigenvalue weighted by atomic mass is 10.2. The Hall–Kier alpha value is -2.85. The average Bonchev–Trinajstić information content (AvgIpc) is 2.68. The molecule has 0 saturated heterocycles. The van der Waals surface area contributed by atoms with Gasteiger partial charge in [0.25, 0.3) is 5.56 Å². The number of rotatable bonds is 4. The Labute approximate surface area is 156 Å². The molecule has 0 saturated carbocycles. The molecule has 4 aromatic rings. The van der Waals surface area contributed by atoms with E-state index in [1.165, 1.54) is 11.1 Å². The van der Waals surface area contributed by atoms with Crippen molar-refractivity contribution in [1.82, 2.24) is 9.55 Å². The molecule has 0 unspecified atom stereocenters. The second kappa shape index (κ2) is 7.18. The van der Waals surface area contributed by atoms with E-state index in [2.05, 4.69) is 31.2 Å². The lowest BCUT2D eigenvalue weighted by molar-refractivity contribution is 0.819. The third-order valence-corrected chi connectivity index (χ3v) is 5.26. The molecule has 0 aliphatic rings. The van der Waals surface area contributed by atoms with Crippen LogP contribution in [0, 0.1) is 6.92 Å². The average molecular weight is 358 g/mol. The van der Waals surface area contributed by atoms with Crippen LogP contribution in [0.1, 0.15) is 11.1 Å². The van der Waals surface area contributed by atoms with Crippen molar-refractivity contribution >= 4 is 22.7 Å². The van der Waals surface area contributed by atoms with Crippen LogP contribution >= 0.6 is 11.8 Å². The number of fused-ring (bicyclic) bond motifs is 1. The molecule has 1 heterocycles. The van der Waals surface area contributed by atoms with Gasteiger partial charge in [-0.1, -0.05) is 71.9 Å². The molecule has 0 bridgehead atoms. The smallest absolute Gasteiger partial charge is 0.266 e. The van der Waals surface area contributed by atoms with E-state index in [0.29, 0.717) is 10.5 Å². The van der Waals surface area contributed by atoms with Gasteiger partial charge in [-0.15, -0.1) is 0 Å². The molecule has 1 aromatic heterocycles. The molecule has 0 N–H and O–H groups in total. The van der Waals surface area contributed by atoms with Gasteiger partial charge in [-0.25, -0.2) is 4.98 Å². The third-order valence-electron chi connectivity index (χ3n) is 4.25. The summed E-state index contributed by atoms with van der Waals surface area (Å²) < 4.78 is 1.71. The highest BCUT2D eigenvalue weighted by atomic mass is 32.2. The van der Waals surface area contributed by atoms with Crippen molar-refractivity contribution in [3.05, 3.63) is 100 Å². The first-order valence-corrected chi connectivity index (χ1v) is 9.46. The number of nitrogens with zero attached hydrogens (tertiary/aromatic N) is 2. The standard InChI is InChI=1S/C22H18N2OS/c1-16-11-13-17(14-12-16)15-26-22-23-20-10-6-5-9-19(20)21(25)24(22)18-7-3-2-4-8-18/h2-14H,15H2,1H3. The molecule has 0 fully saturated rings. The van der Waals surface area contributed by atoms with Crippen LogP contribution in [0.3, 0.4) is 0 Å². The van der Waals surface area contributed by atoms with Gasteiger partial charge in [0.2, 0.25) is 0 Å². The monoisotopic (exact) mass is 358 g/mol. The molecule has 0 atom stereocenters. The van der Waals surface area contributed by atoms with Crippen LogP contribution in [0.2, 0.25) is 0 Å². The fourth-order valence-corrected chi connectivity index (χ4v) is 3.81. The highest BCUT2D eigenvalue weighted by molar-refractivity contribution is 7.98. The second-order valence-corrected chi connectivity index (χ2v) is 7.10. The Morgan fingerprint density at radius 2 is 1.58 bits per heavy atom. The summed E-state index contributed by atoms with van der Waals surface area (Å²) in [6.45, 7) is 2.08. The maximum absolute atomic E-state index is 13.1. The van der Waals surface area contributed by atoms with Gasteiger partial charge < -0.3 is 0 Å². The van der Waals surface area contributed by atoms with Gasteiger partial charge in [0, 0.05) is 5.75 Å². The lowest BCUT2D eigenvalue weighted by Gasteiger charge is -2.13. The quantitative estimate of drug-likeness (QED) is 0.381. The molecular weight excluding hydrogens is 340 g/mol. The van der Waals surface area contributed by atoms with E-state index in [0.717, 1.165) is 17.0 Å². The summed E-state index contributed by atoms with van der Waals surface area (Å²) in [6, 6.07) is 25.7. The van der Waals surface area contributed by atoms with Gasteiger partial charge in [0.1, 0.15) is 0 Å². The molecule has 3 nitrogen and oxygen atoms in total. The van der Waals surface area contributed by atoms with E-state index in [4.69, 9.17) is 4.98 Å². The molecule has 0 radical (unpaired) electrons. The molecule has 3 aromatic carbocycles. The van der Waals surface area contributed by atoms with Gasteiger partial charge in [-0.05, 0) is 36.8 Å². The number of hydrogen-bond donors (Lipinski definition) is 0. The fourth-order valence-electron chi connectivity index (χ4n) is 2.85. The van der Waals surface area contributed by atoms with E-state index in [1.54, 1.807) is 16.3 Å². The van der Waals surface area contributed by atoms with E-state index in [9.17, 15) is 4.79 Å². The maximum Gasteiger partial charge on any atom is 0.266 e. The summed E-state index contributed by atoms with van der Waals surface area (Å²) in [4.78, 5) is 17.9. The molecule has 4 heteroatoms. The number of hydrogen-bond acceptors (Lipinski definition) is 3. The minimum atomic E-state index is -0.0341. The summed E-state index contributed by atoms with van der Waals surface area (Å²) in [5.41, 5.74) is 3.98. The number of benzene rings is 3. The Morgan fingerprint density at radius 3 is 2.35 bits per heavy atom. The summed E-state index contributed by atoms with van der Waals surface area (Å²) in [6.07, 6.45) is 0. The van der Waals surface area contributed by atoms with Gasteiger partial charge in [-0.2, -0.15) is 0 Å². The van der Waals surface area contributed by atoms with Crippen LogP contribution in [0.5, 0.6) is 0 Å². The molecule has 0 amide bonds. The van der Waals surface area contributed by atoms with Crippen LogP contribution in [-0.2, 0) is 5.75 Å². The first kappa shape index (κ1) is 16.6. The van der Waals surface area contributed by atoms with Crippen LogP contribution in [-0.4, -0.2) is 9.55 Å². The molecule has 0 spiro atoms. The first-order chi connectivity index (χ1) is 12.7. The first-order valence-electron chi connectivity index (χ1n) is 8.48. The summed E-state index contributed by atoms with van der Waals surface area (Å²) in [5, 5.41) is 1.34. The maximum atomic E-state index is 13.1. The minimum absolute atomic E-state index is 0.0341. The predicted octanol–water partition coefficient (Wildman–Crippen LogP) is 4.99. The van der Waals surface area contributed by atoms with Gasteiger partial charge in [0.05, 0.1) is 16.6 Å². The van der Waals surface area contributed by atoms with Crippen LogP contribution in [0.25, 0.3) is 16.6 Å². The molecule has 128 valence electrons. The largest absolute Gasteiger partial charge is 0.268 e. The molecule has 4 rings (SSSR count). The SMILES string of the molecule is Cc1ccc(CSc2nc3ccccc3c(=O)n2-c2ccccc2)cc1. The molecule has 26 heavy (non-hydrogen) atoms. The van der Waals surface area contributed by atoms with E-state index >= 15 is 0 Å². The van der Waals surface area contributed by atoms with Gasteiger partial charge >= 0.3 is 0 Å². The number of para-hydroxylation sites is 2. The number of aryl methyl sites for hydroxylation is 1. The van der Waals surface area contributed by atoms with Crippen molar-refractivity contribution < 1.29 is 0 Å².